The van der Waals surface area contributed by atoms with Crippen LogP contribution in [0, 0.1) is 18.3 Å². The highest BCUT2D eigenvalue weighted by Gasteiger charge is 2.30. The number of carbonyl (C=O) groups is 1. The van der Waals surface area contributed by atoms with E-state index in [1.807, 2.05) is 39.0 Å². The van der Waals surface area contributed by atoms with Crippen molar-refractivity contribution in [2.75, 3.05) is 5.75 Å². The second-order valence-electron chi connectivity index (χ2n) is 8.82. The molecule has 3 N–H and O–H groups in total. The van der Waals surface area contributed by atoms with E-state index in [2.05, 4.69) is 20.8 Å². The van der Waals surface area contributed by atoms with E-state index in [1.165, 1.54) is 0 Å². The van der Waals surface area contributed by atoms with E-state index in [-0.39, 0.29) is 6.10 Å². The normalized spacial score (nSPS) is 15.1. The van der Waals surface area contributed by atoms with Crippen molar-refractivity contribution in [3.63, 3.8) is 0 Å². The molecule has 0 amide bonds. The number of H-pyrrole nitrogens is 1. The third kappa shape index (κ3) is 5.21. The van der Waals surface area contributed by atoms with Crippen LogP contribution in [0.2, 0.25) is 0 Å². The van der Waals surface area contributed by atoms with Gasteiger partial charge in [0.25, 0.3) is 0 Å². The molecule has 1 aliphatic rings. The lowest BCUT2D eigenvalue weighted by molar-refractivity contribution is -0.134. The summed E-state index contributed by atoms with van der Waals surface area (Å²) in [5.74, 6) is -1.24. The van der Waals surface area contributed by atoms with Gasteiger partial charge in [-0.25, -0.2) is 18.1 Å². The summed E-state index contributed by atoms with van der Waals surface area (Å²) in [6.45, 7) is 5.77. The van der Waals surface area contributed by atoms with Gasteiger partial charge in [-0.15, -0.1) is 0 Å². The maximum atomic E-state index is 12.2. The van der Waals surface area contributed by atoms with Crippen LogP contribution < -0.4 is 9.46 Å². The summed E-state index contributed by atoms with van der Waals surface area (Å²) in [5.41, 5.74) is 5.73. The van der Waals surface area contributed by atoms with Crippen molar-refractivity contribution < 1.29 is 23.1 Å². The molecule has 3 aromatic rings. The van der Waals surface area contributed by atoms with Gasteiger partial charge in [0.1, 0.15) is 17.6 Å². The topological polar surface area (TPSA) is 145 Å². The van der Waals surface area contributed by atoms with Gasteiger partial charge in [-0.05, 0) is 68.5 Å². The summed E-state index contributed by atoms with van der Waals surface area (Å²) in [6.07, 6.45) is 2.85. The van der Waals surface area contributed by atoms with E-state index in [0.29, 0.717) is 30.0 Å². The van der Waals surface area contributed by atoms with E-state index in [0.717, 1.165) is 33.5 Å². The van der Waals surface area contributed by atoms with E-state index >= 15 is 0 Å². The number of aromatic amines is 1. The fraction of sp³-hybridized carbons (Fsp3) is 0.320. The Kier molecular flexibility index (Phi) is 6.65. The molecule has 0 fully saturated rings. The third-order valence-electron chi connectivity index (χ3n) is 5.83. The largest absolute Gasteiger partial charge is 0.490 e. The van der Waals surface area contributed by atoms with Crippen molar-refractivity contribution in [3.8, 4) is 34.5 Å². The number of nitrogens with one attached hydrogen (secondary N) is 2. The van der Waals surface area contributed by atoms with Gasteiger partial charge in [0.15, 0.2) is 5.75 Å². The van der Waals surface area contributed by atoms with Crippen molar-refractivity contribution in [1.82, 2.24) is 14.7 Å². The van der Waals surface area contributed by atoms with Gasteiger partial charge in [0.2, 0.25) is 10.0 Å². The fourth-order valence-electron chi connectivity index (χ4n) is 4.46. The molecule has 1 aliphatic carbocycles. The highest BCUT2D eigenvalue weighted by Crippen LogP contribution is 2.40. The number of ether oxygens (including phenoxy) is 1. The molecule has 10 heteroatoms. The molecule has 1 heterocycles. The number of sulfonamides is 1. The highest BCUT2D eigenvalue weighted by molar-refractivity contribution is 7.90. The number of carboxylic acids is 1. The zero-order valence-corrected chi connectivity index (χ0v) is 20.4. The average Bonchev–Trinajstić information content (AvgIpc) is 3.40. The zero-order valence-electron chi connectivity index (χ0n) is 19.6. The Morgan fingerprint density at radius 3 is 2.80 bits per heavy atom. The predicted octanol–water partition coefficient (Wildman–Crippen LogP) is 3.70. The number of fused-ring (bicyclic) bond motifs is 1. The van der Waals surface area contributed by atoms with Gasteiger partial charge >= 0.3 is 5.97 Å². The first-order valence-electron chi connectivity index (χ1n) is 11.2. The molecule has 1 atom stereocenters. The number of carboxylic acid groups (broad SMARTS) is 1. The van der Waals surface area contributed by atoms with Crippen LogP contribution in [0.25, 0.3) is 22.6 Å². The number of nitriles is 1. The molecule has 9 nitrogen and oxygen atoms in total. The molecule has 0 saturated heterocycles. The molecule has 1 aromatic heterocycles. The molecule has 0 aliphatic heterocycles. The summed E-state index contributed by atoms with van der Waals surface area (Å²) >= 11 is 0. The lowest BCUT2D eigenvalue weighted by Gasteiger charge is -2.15. The minimum Gasteiger partial charge on any atom is -0.490 e. The molecule has 2 aromatic carbocycles. The van der Waals surface area contributed by atoms with Crippen molar-refractivity contribution in [3.05, 3.63) is 58.8 Å². The van der Waals surface area contributed by atoms with E-state index in [9.17, 15) is 18.5 Å². The first-order chi connectivity index (χ1) is 16.6. The standard InChI is InChI=1S/C25H26N4O5S/c1-14(2)34-22-9-5-16(10-17(22)11-26)25-27-12-21(28-25)24-15(3)4-6-18-19(24)7-8-20(18)29-35(32,33)13-23(30)31/h4-6,9-10,12,14,20,29H,7-8,13H2,1-3H3,(H,27,28)(H,30,31). The maximum absolute atomic E-state index is 12.2. The highest BCUT2D eigenvalue weighted by atomic mass is 32.2. The van der Waals surface area contributed by atoms with Gasteiger partial charge < -0.3 is 14.8 Å². The van der Waals surface area contributed by atoms with Crippen molar-refractivity contribution in [2.45, 2.75) is 45.8 Å². The van der Waals surface area contributed by atoms with Gasteiger partial charge in [-0.1, -0.05) is 12.1 Å². The molecule has 4 rings (SSSR count). The number of hydrogen-bond acceptors (Lipinski definition) is 6. The van der Waals surface area contributed by atoms with Crippen LogP contribution in [-0.4, -0.2) is 41.3 Å². The second-order valence-corrected chi connectivity index (χ2v) is 10.6. The van der Waals surface area contributed by atoms with Crippen molar-refractivity contribution >= 4 is 16.0 Å². The Labute approximate surface area is 203 Å². The SMILES string of the molecule is Cc1ccc2c(c1-c1cnc(-c3ccc(OC(C)C)c(C#N)c3)[nH]1)CCC2NS(=O)(=O)CC(=O)O. The van der Waals surface area contributed by atoms with E-state index in [1.54, 1.807) is 18.3 Å². The fourth-order valence-corrected chi connectivity index (χ4v) is 5.54. The minimum absolute atomic E-state index is 0.0521. The minimum atomic E-state index is -3.95. The maximum Gasteiger partial charge on any atom is 0.320 e. The van der Waals surface area contributed by atoms with Crippen molar-refractivity contribution in [2.24, 2.45) is 0 Å². The molecule has 35 heavy (non-hydrogen) atoms. The van der Waals surface area contributed by atoms with Crippen LogP contribution in [0.15, 0.2) is 36.5 Å². The Bertz CT molecular complexity index is 1440. The van der Waals surface area contributed by atoms with E-state index in [4.69, 9.17) is 9.84 Å². The van der Waals surface area contributed by atoms with Gasteiger partial charge in [0, 0.05) is 17.2 Å². The molecular formula is C25H26N4O5S. The second kappa shape index (κ2) is 9.52. The first-order valence-corrected chi connectivity index (χ1v) is 12.8. The Morgan fingerprint density at radius 2 is 2.11 bits per heavy atom. The number of nitrogens with zero attached hydrogens (tertiary/aromatic N) is 2. The number of rotatable bonds is 8. The Morgan fingerprint density at radius 1 is 1.34 bits per heavy atom. The first kappa shape index (κ1) is 24.4. The molecule has 0 radical (unpaired) electrons. The monoisotopic (exact) mass is 494 g/mol. The van der Waals surface area contributed by atoms with Crippen molar-refractivity contribution in [1.29, 1.82) is 5.26 Å². The van der Waals surface area contributed by atoms with Crippen LogP contribution >= 0.6 is 0 Å². The summed E-state index contributed by atoms with van der Waals surface area (Å²) in [5, 5.41) is 18.4. The summed E-state index contributed by atoms with van der Waals surface area (Å²) in [4.78, 5) is 18.8. The van der Waals surface area contributed by atoms with Gasteiger partial charge in [-0.2, -0.15) is 5.26 Å². The van der Waals surface area contributed by atoms with E-state index < -0.39 is 27.8 Å². The summed E-state index contributed by atoms with van der Waals surface area (Å²) in [7, 11) is -3.95. The predicted molar refractivity (Wildman–Crippen MR) is 130 cm³/mol. The van der Waals surface area contributed by atoms with Gasteiger partial charge in [0.05, 0.1) is 23.6 Å². The lowest BCUT2D eigenvalue weighted by Crippen LogP contribution is -2.32. The van der Waals surface area contributed by atoms with Gasteiger partial charge in [-0.3, -0.25) is 4.79 Å². The molecule has 0 saturated carbocycles. The molecule has 1 unspecified atom stereocenters. The number of imidazole rings is 1. The van der Waals surface area contributed by atoms with Crippen LogP contribution in [0.1, 0.15) is 48.6 Å². The molecule has 182 valence electrons. The molecular weight excluding hydrogens is 468 g/mol. The van der Waals surface area contributed by atoms with Crippen LogP contribution in [0.4, 0.5) is 0 Å². The summed E-state index contributed by atoms with van der Waals surface area (Å²) in [6, 6.07) is 10.8. The number of aliphatic carboxylic acids is 1. The van der Waals surface area contributed by atoms with Crippen LogP contribution in [0.3, 0.4) is 0 Å². The molecule has 0 spiro atoms. The third-order valence-corrected chi connectivity index (χ3v) is 7.10. The molecule has 0 bridgehead atoms. The zero-order chi connectivity index (χ0) is 25.3. The van der Waals surface area contributed by atoms with Crippen LogP contribution in [0.5, 0.6) is 5.75 Å². The Balaban J connectivity index is 1.66. The smallest absolute Gasteiger partial charge is 0.320 e. The number of aromatic nitrogens is 2. The Hall–Kier alpha value is -3.68. The summed E-state index contributed by atoms with van der Waals surface area (Å²) < 4.78 is 32.6. The quantitative estimate of drug-likeness (QED) is 0.433. The number of hydrogen-bond donors (Lipinski definition) is 3. The number of aryl methyl sites for hydroxylation is 1. The lowest BCUT2D eigenvalue weighted by atomic mass is 9.96. The van der Waals surface area contributed by atoms with Crippen LogP contribution in [-0.2, 0) is 21.2 Å². The number of benzene rings is 2. The average molecular weight is 495 g/mol.